The lowest BCUT2D eigenvalue weighted by molar-refractivity contribution is -0.188. The summed E-state index contributed by atoms with van der Waals surface area (Å²) in [5.41, 5.74) is 0.0891. The van der Waals surface area contributed by atoms with Crippen LogP contribution >= 0.6 is 12.4 Å². The molecule has 4 nitrogen and oxygen atoms in total. The number of nitrogens with one attached hydrogen (secondary N) is 1. The molecule has 0 amide bonds. The van der Waals surface area contributed by atoms with Crippen LogP contribution in [0.1, 0.15) is 11.6 Å². The van der Waals surface area contributed by atoms with Crippen LogP contribution in [0.3, 0.4) is 0 Å². The molecule has 1 aromatic carbocycles. The third kappa shape index (κ3) is 4.18. The Balaban J connectivity index is 0.00000242. The van der Waals surface area contributed by atoms with Crippen LogP contribution in [0.2, 0.25) is 0 Å². The van der Waals surface area contributed by atoms with E-state index in [1.54, 1.807) is 6.07 Å². The molecule has 0 bridgehead atoms. The molecule has 0 aromatic heterocycles. The summed E-state index contributed by atoms with van der Waals surface area (Å²) in [6.45, 7) is 1.76. The van der Waals surface area contributed by atoms with Crippen molar-refractivity contribution in [1.82, 2.24) is 10.2 Å². The maximum atomic E-state index is 13.6. The van der Waals surface area contributed by atoms with Crippen LogP contribution in [0.15, 0.2) is 18.2 Å². The second kappa shape index (κ2) is 7.89. The third-order valence-electron chi connectivity index (χ3n) is 3.56. The quantitative estimate of drug-likeness (QED) is 0.913. The Bertz CT molecular complexity index is 480. The first-order valence-electron chi connectivity index (χ1n) is 6.70. The SMILES string of the molecule is COc1ccc(OC)c([C@@H](N2CCNCC2)C(F)(F)F)c1.Cl. The number of benzene rings is 1. The number of ether oxygens (including phenoxy) is 2. The summed E-state index contributed by atoms with van der Waals surface area (Å²) in [7, 11) is 2.80. The van der Waals surface area contributed by atoms with Crippen LogP contribution in [-0.4, -0.2) is 51.5 Å². The van der Waals surface area contributed by atoms with Crippen molar-refractivity contribution in [3.05, 3.63) is 23.8 Å². The molecule has 1 saturated heterocycles. The lowest BCUT2D eigenvalue weighted by Gasteiger charge is -2.36. The average molecular weight is 341 g/mol. The van der Waals surface area contributed by atoms with E-state index in [9.17, 15) is 13.2 Å². The number of nitrogens with zero attached hydrogens (tertiary/aromatic N) is 1. The van der Waals surface area contributed by atoms with Crippen LogP contribution in [0, 0.1) is 0 Å². The van der Waals surface area contributed by atoms with Crippen molar-refractivity contribution in [1.29, 1.82) is 0 Å². The first-order chi connectivity index (χ1) is 9.97. The van der Waals surface area contributed by atoms with Gasteiger partial charge in [0.25, 0.3) is 0 Å². The second-order valence-corrected chi connectivity index (χ2v) is 4.84. The number of hydrogen-bond donors (Lipinski definition) is 1. The molecule has 1 heterocycles. The molecule has 1 fully saturated rings. The maximum Gasteiger partial charge on any atom is 0.408 e. The Morgan fingerprint density at radius 3 is 2.27 bits per heavy atom. The fourth-order valence-electron chi connectivity index (χ4n) is 2.57. The molecule has 1 atom stereocenters. The fraction of sp³-hybridized carbons (Fsp3) is 0.571. The highest BCUT2D eigenvalue weighted by Crippen LogP contribution is 2.42. The van der Waals surface area contributed by atoms with Gasteiger partial charge in [0, 0.05) is 31.7 Å². The molecule has 1 aliphatic heterocycles. The van der Waals surface area contributed by atoms with Crippen LogP contribution < -0.4 is 14.8 Å². The summed E-state index contributed by atoms with van der Waals surface area (Å²) in [6, 6.07) is 2.81. The number of rotatable bonds is 4. The van der Waals surface area contributed by atoms with Gasteiger partial charge >= 0.3 is 6.18 Å². The van der Waals surface area contributed by atoms with Crippen molar-refractivity contribution >= 4 is 12.4 Å². The topological polar surface area (TPSA) is 33.7 Å². The number of methoxy groups -OCH3 is 2. The van der Waals surface area contributed by atoms with Gasteiger partial charge in [-0.15, -0.1) is 12.4 Å². The lowest BCUT2D eigenvalue weighted by atomic mass is 10.0. The van der Waals surface area contributed by atoms with Crippen molar-refractivity contribution in [3.8, 4) is 11.5 Å². The molecule has 1 aromatic rings. The molecule has 126 valence electrons. The van der Waals surface area contributed by atoms with Gasteiger partial charge in [-0.05, 0) is 18.2 Å². The van der Waals surface area contributed by atoms with Gasteiger partial charge in [-0.2, -0.15) is 13.2 Å². The van der Waals surface area contributed by atoms with Crippen molar-refractivity contribution in [3.63, 3.8) is 0 Å². The molecule has 0 radical (unpaired) electrons. The Morgan fingerprint density at radius 2 is 1.77 bits per heavy atom. The molecule has 1 N–H and O–H groups in total. The second-order valence-electron chi connectivity index (χ2n) is 4.84. The maximum absolute atomic E-state index is 13.6. The van der Waals surface area contributed by atoms with Gasteiger partial charge in [0.2, 0.25) is 0 Å². The Hall–Kier alpha value is -1.18. The molecular formula is C14H20ClF3N2O2. The normalized spacial score (nSPS) is 17.5. The monoisotopic (exact) mass is 340 g/mol. The van der Waals surface area contributed by atoms with Gasteiger partial charge in [-0.1, -0.05) is 0 Å². The summed E-state index contributed by atoms with van der Waals surface area (Å²) >= 11 is 0. The molecule has 22 heavy (non-hydrogen) atoms. The van der Waals surface area contributed by atoms with E-state index in [1.807, 2.05) is 0 Å². The highest BCUT2D eigenvalue weighted by atomic mass is 35.5. The van der Waals surface area contributed by atoms with Gasteiger partial charge in [-0.3, -0.25) is 4.90 Å². The highest BCUT2D eigenvalue weighted by Gasteiger charge is 2.46. The van der Waals surface area contributed by atoms with Crippen molar-refractivity contribution in [2.24, 2.45) is 0 Å². The highest BCUT2D eigenvalue weighted by molar-refractivity contribution is 5.85. The van der Waals surface area contributed by atoms with Crippen molar-refractivity contribution in [2.75, 3.05) is 40.4 Å². The minimum absolute atomic E-state index is 0. The fourth-order valence-corrected chi connectivity index (χ4v) is 2.57. The van der Waals surface area contributed by atoms with E-state index in [0.29, 0.717) is 31.9 Å². The first-order valence-corrected chi connectivity index (χ1v) is 6.70. The molecule has 0 saturated carbocycles. The van der Waals surface area contributed by atoms with Gasteiger partial charge in [0.1, 0.15) is 17.5 Å². The minimum atomic E-state index is -4.38. The molecule has 0 unspecified atom stereocenters. The van der Waals surface area contributed by atoms with E-state index in [1.165, 1.54) is 31.3 Å². The van der Waals surface area contributed by atoms with E-state index in [0.717, 1.165) is 0 Å². The predicted octanol–water partition coefficient (Wildman–Crippen LogP) is 2.63. The van der Waals surface area contributed by atoms with E-state index in [2.05, 4.69) is 5.32 Å². The standard InChI is InChI=1S/C14H19F3N2O2.ClH/c1-20-10-3-4-12(21-2)11(9-10)13(14(15,16)17)19-7-5-18-6-8-19;/h3-4,9,13,18H,5-8H2,1-2H3;1H/t13-;/m1./s1. The Labute approximate surface area is 134 Å². The van der Waals surface area contributed by atoms with Gasteiger partial charge in [0.15, 0.2) is 0 Å². The zero-order valence-corrected chi connectivity index (χ0v) is 13.3. The van der Waals surface area contributed by atoms with E-state index in [-0.39, 0.29) is 23.7 Å². The average Bonchev–Trinajstić information content (AvgIpc) is 2.47. The number of hydrogen-bond acceptors (Lipinski definition) is 4. The van der Waals surface area contributed by atoms with Gasteiger partial charge < -0.3 is 14.8 Å². The largest absolute Gasteiger partial charge is 0.497 e. The number of piperazine rings is 1. The van der Waals surface area contributed by atoms with Crippen LogP contribution in [0.4, 0.5) is 13.2 Å². The number of alkyl halides is 3. The van der Waals surface area contributed by atoms with E-state index < -0.39 is 12.2 Å². The zero-order chi connectivity index (χ0) is 15.5. The molecular weight excluding hydrogens is 321 g/mol. The summed E-state index contributed by atoms with van der Waals surface area (Å²) < 4.78 is 50.9. The summed E-state index contributed by atoms with van der Waals surface area (Å²) in [5.74, 6) is 0.604. The molecule has 0 aliphatic carbocycles. The summed E-state index contributed by atoms with van der Waals surface area (Å²) in [6.07, 6.45) is -4.38. The Morgan fingerprint density at radius 1 is 1.14 bits per heavy atom. The minimum Gasteiger partial charge on any atom is -0.497 e. The number of halogens is 4. The van der Waals surface area contributed by atoms with E-state index in [4.69, 9.17) is 9.47 Å². The van der Waals surface area contributed by atoms with Crippen molar-refractivity contribution < 1.29 is 22.6 Å². The first kappa shape index (κ1) is 18.9. The molecule has 1 aliphatic rings. The van der Waals surface area contributed by atoms with Crippen molar-refractivity contribution in [2.45, 2.75) is 12.2 Å². The lowest BCUT2D eigenvalue weighted by Crippen LogP contribution is -2.49. The van der Waals surface area contributed by atoms with Gasteiger partial charge in [0.05, 0.1) is 14.2 Å². The summed E-state index contributed by atoms with van der Waals surface area (Å²) in [5, 5.41) is 3.06. The Kier molecular flexibility index (Phi) is 6.77. The predicted molar refractivity (Wildman–Crippen MR) is 80.0 cm³/mol. The zero-order valence-electron chi connectivity index (χ0n) is 12.4. The van der Waals surface area contributed by atoms with Crippen LogP contribution in [-0.2, 0) is 0 Å². The van der Waals surface area contributed by atoms with Crippen LogP contribution in [0.25, 0.3) is 0 Å². The van der Waals surface area contributed by atoms with E-state index >= 15 is 0 Å². The third-order valence-corrected chi connectivity index (χ3v) is 3.56. The molecule has 0 spiro atoms. The smallest absolute Gasteiger partial charge is 0.408 e. The van der Waals surface area contributed by atoms with Crippen LogP contribution in [0.5, 0.6) is 11.5 Å². The summed E-state index contributed by atoms with van der Waals surface area (Å²) in [4.78, 5) is 1.42. The molecule has 2 rings (SSSR count). The molecule has 8 heteroatoms. The van der Waals surface area contributed by atoms with Gasteiger partial charge in [-0.25, -0.2) is 0 Å².